The van der Waals surface area contributed by atoms with Crippen LogP contribution in [0.2, 0.25) is 0 Å². The SMILES string of the molecule is CC(C)(C)NC(=O)c1cnn2c1N[C@@H](c1ccc(F)cc1)C[C@@H]2C(F)(F)F. The Bertz CT molecular complexity index is 837. The molecule has 0 spiro atoms. The van der Waals surface area contributed by atoms with E-state index >= 15 is 0 Å². The molecule has 146 valence electrons. The highest BCUT2D eigenvalue weighted by atomic mass is 19.4. The predicted octanol–water partition coefficient (Wildman–Crippen LogP) is 4.21. The third kappa shape index (κ3) is 4.06. The van der Waals surface area contributed by atoms with Crippen molar-refractivity contribution in [3.05, 3.63) is 47.4 Å². The van der Waals surface area contributed by atoms with E-state index in [9.17, 15) is 22.4 Å². The summed E-state index contributed by atoms with van der Waals surface area (Å²) >= 11 is 0. The smallest absolute Gasteiger partial charge is 0.363 e. The lowest BCUT2D eigenvalue weighted by atomic mass is 9.96. The third-order valence-corrected chi connectivity index (χ3v) is 4.24. The molecular weight excluding hydrogens is 364 g/mol. The highest BCUT2D eigenvalue weighted by Gasteiger charge is 2.47. The van der Waals surface area contributed by atoms with Crippen LogP contribution in [-0.4, -0.2) is 27.4 Å². The summed E-state index contributed by atoms with van der Waals surface area (Å²) in [4.78, 5) is 12.5. The Balaban J connectivity index is 2.01. The number of nitrogens with zero attached hydrogens (tertiary/aromatic N) is 2. The van der Waals surface area contributed by atoms with E-state index in [1.54, 1.807) is 20.8 Å². The minimum Gasteiger partial charge on any atom is -0.363 e. The highest BCUT2D eigenvalue weighted by molar-refractivity contribution is 5.99. The number of alkyl halides is 3. The number of aromatic nitrogens is 2. The van der Waals surface area contributed by atoms with Gasteiger partial charge in [-0.25, -0.2) is 9.07 Å². The first kappa shape index (κ1) is 19.2. The summed E-state index contributed by atoms with van der Waals surface area (Å²) in [6, 6.07) is 2.63. The Morgan fingerprint density at radius 2 is 1.85 bits per heavy atom. The average molecular weight is 384 g/mol. The highest BCUT2D eigenvalue weighted by Crippen LogP contribution is 2.44. The van der Waals surface area contributed by atoms with E-state index in [-0.39, 0.29) is 17.8 Å². The molecule has 1 amide bonds. The minimum absolute atomic E-state index is 0.000324. The molecule has 0 saturated heterocycles. The number of amides is 1. The molecule has 0 bridgehead atoms. The Kier molecular flexibility index (Phi) is 4.65. The van der Waals surface area contributed by atoms with Crippen molar-refractivity contribution in [3.8, 4) is 0 Å². The van der Waals surface area contributed by atoms with Gasteiger partial charge >= 0.3 is 6.18 Å². The fourth-order valence-electron chi connectivity index (χ4n) is 3.05. The van der Waals surface area contributed by atoms with Gasteiger partial charge in [-0.1, -0.05) is 12.1 Å². The van der Waals surface area contributed by atoms with Crippen molar-refractivity contribution in [1.29, 1.82) is 0 Å². The van der Waals surface area contributed by atoms with Crippen LogP contribution in [-0.2, 0) is 0 Å². The molecule has 2 heterocycles. The molecule has 0 fully saturated rings. The van der Waals surface area contributed by atoms with Crippen molar-refractivity contribution in [2.45, 2.75) is 51.0 Å². The summed E-state index contributed by atoms with van der Waals surface area (Å²) in [5.74, 6) is -0.992. The number of anilines is 1. The van der Waals surface area contributed by atoms with Gasteiger partial charge in [0.2, 0.25) is 0 Å². The van der Waals surface area contributed by atoms with E-state index in [1.165, 1.54) is 24.3 Å². The molecule has 1 aliphatic heterocycles. The van der Waals surface area contributed by atoms with Crippen LogP contribution in [0.25, 0.3) is 0 Å². The summed E-state index contributed by atoms with van der Waals surface area (Å²) in [6.07, 6.45) is -3.72. The van der Waals surface area contributed by atoms with Crippen LogP contribution in [0.15, 0.2) is 30.5 Å². The standard InChI is InChI=1S/C18H20F4N4O/c1-17(2,3)25-16(27)12-9-23-26-14(18(20,21)22)8-13(24-15(12)26)10-4-6-11(19)7-5-10/h4-7,9,13-14,24H,8H2,1-3H3,(H,25,27)/t13-,14-/m1/s1. The molecule has 5 nitrogen and oxygen atoms in total. The van der Waals surface area contributed by atoms with Gasteiger partial charge in [0.15, 0.2) is 6.04 Å². The Morgan fingerprint density at radius 1 is 1.22 bits per heavy atom. The fourth-order valence-corrected chi connectivity index (χ4v) is 3.05. The van der Waals surface area contributed by atoms with Crippen molar-refractivity contribution in [3.63, 3.8) is 0 Å². The van der Waals surface area contributed by atoms with Crippen molar-refractivity contribution in [2.75, 3.05) is 5.32 Å². The first-order chi connectivity index (χ1) is 12.5. The third-order valence-electron chi connectivity index (χ3n) is 4.24. The lowest BCUT2D eigenvalue weighted by Crippen LogP contribution is -2.41. The summed E-state index contributed by atoms with van der Waals surface area (Å²) in [5.41, 5.74) is -0.0216. The topological polar surface area (TPSA) is 59.0 Å². The predicted molar refractivity (Wildman–Crippen MR) is 91.9 cm³/mol. The van der Waals surface area contributed by atoms with Gasteiger partial charge in [0.05, 0.1) is 12.2 Å². The Morgan fingerprint density at radius 3 is 2.41 bits per heavy atom. The van der Waals surface area contributed by atoms with Crippen LogP contribution in [0.5, 0.6) is 0 Å². The normalized spacial score (nSPS) is 20.0. The van der Waals surface area contributed by atoms with Gasteiger partial charge in [0.1, 0.15) is 17.2 Å². The quantitative estimate of drug-likeness (QED) is 0.763. The Hall–Kier alpha value is -2.58. The van der Waals surface area contributed by atoms with Crippen molar-refractivity contribution >= 4 is 11.7 Å². The minimum atomic E-state index is -4.54. The molecule has 3 rings (SSSR count). The molecule has 0 aliphatic carbocycles. The zero-order chi connectivity index (χ0) is 20.0. The van der Waals surface area contributed by atoms with Gasteiger partial charge in [-0.05, 0) is 38.5 Å². The van der Waals surface area contributed by atoms with Crippen molar-refractivity contribution in [1.82, 2.24) is 15.1 Å². The zero-order valence-corrected chi connectivity index (χ0v) is 15.1. The van der Waals surface area contributed by atoms with Crippen LogP contribution in [0.4, 0.5) is 23.4 Å². The molecular formula is C18H20F4N4O. The molecule has 27 heavy (non-hydrogen) atoms. The summed E-state index contributed by atoms with van der Waals surface area (Å²) < 4.78 is 54.8. The number of hydrogen-bond donors (Lipinski definition) is 2. The molecule has 2 N–H and O–H groups in total. The number of fused-ring (bicyclic) bond motifs is 1. The van der Waals surface area contributed by atoms with Gasteiger partial charge in [0, 0.05) is 12.0 Å². The van der Waals surface area contributed by atoms with Gasteiger partial charge in [0.25, 0.3) is 5.91 Å². The molecule has 9 heteroatoms. The van der Waals surface area contributed by atoms with Gasteiger partial charge < -0.3 is 10.6 Å². The van der Waals surface area contributed by atoms with E-state index < -0.39 is 35.5 Å². The average Bonchev–Trinajstić information content (AvgIpc) is 2.96. The number of rotatable bonds is 2. The molecule has 2 atom stereocenters. The second kappa shape index (κ2) is 6.54. The van der Waals surface area contributed by atoms with Crippen molar-refractivity contribution < 1.29 is 22.4 Å². The number of carbonyl (C=O) groups is 1. The van der Waals surface area contributed by atoms with Crippen LogP contribution < -0.4 is 10.6 Å². The van der Waals surface area contributed by atoms with E-state index in [0.29, 0.717) is 5.56 Å². The van der Waals surface area contributed by atoms with E-state index in [2.05, 4.69) is 15.7 Å². The monoisotopic (exact) mass is 384 g/mol. The van der Waals surface area contributed by atoms with Crippen LogP contribution in [0, 0.1) is 5.82 Å². The number of carbonyl (C=O) groups excluding carboxylic acids is 1. The lowest BCUT2D eigenvalue weighted by Gasteiger charge is -2.34. The van der Waals surface area contributed by atoms with Gasteiger partial charge in [-0.3, -0.25) is 4.79 Å². The second-order valence-corrected chi connectivity index (χ2v) is 7.60. The molecule has 1 aliphatic rings. The molecule has 0 unspecified atom stereocenters. The van der Waals surface area contributed by atoms with E-state index in [0.717, 1.165) is 10.9 Å². The Labute approximate surface area is 153 Å². The number of nitrogens with one attached hydrogen (secondary N) is 2. The fraction of sp³-hybridized carbons (Fsp3) is 0.444. The maximum absolute atomic E-state index is 13.6. The largest absolute Gasteiger partial charge is 0.410 e. The summed E-state index contributed by atoms with van der Waals surface area (Å²) in [5, 5.41) is 9.50. The molecule has 2 aromatic rings. The molecule has 1 aromatic heterocycles. The van der Waals surface area contributed by atoms with Crippen LogP contribution in [0.3, 0.4) is 0 Å². The number of benzene rings is 1. The van der Waals surface area contributed by atoms with Crippen LogP contribution in [0.1, 0.15) is 55.2 Å². The lowest BCUT2D eigenvalue weighted by molar-refractivity contribution is -0.173. The second-order valence-electron chi connectivity index (χ2n) is 7.60. The summed E-state index contributed by atoms with van der Waals surface area (Å²) in [7, 11) is 0. The summed E-state index contributed by atoms with van der Waals surface area (Å²) in [6.45, 7) is 5.32. The van der Waals surface area contributed by atoms with Crippen LogP contribution >= 0.6 is 0 Å². The van der Waals surface area contributed by atoms with Gasteiger partial charge in [-0.15, -0.1) is 0 Å². The number of hydrogen-bond acceptors (Lipinski definition) is 3. The van der Waals surface area contributed by atoms with E-state index in [4.69, 9.17) is 0 Å². The van der Waals surface area contributed by atoms with Crippen molar-refractivity contribution in [2.24, 2.45) is 0 Å². The molecule has 0 saturated carbocycles. The maximum Gasteiger partial charge on any atom is 0.410 e. The number of halogens is 4. The first-order valence-corrected chi connectivity index (χ1v) is 8.44. The van der Waals surface area contributed by atoms with Gasteiger partial charge in [-0.2, -0.15) is 18.3 Å². The first-order valence-electron chi connectivity index (χ1n) is 8.44. The zero-order valence-electron chi connectivity index (χ0n) is 15.1. The molecule has 0 radical (unpaired) electrons. The molecule has 1 aromatic carbocycles. The van der Waals surface area contributed by atoms with E-state index in [1.807, 2.05) is 0 Å². The maximum atomic E-state index is 13.6.